The zero-order valence-corrected chi connectivity index (χ0v) is 15.7. The largest absolute Gasteiger partial charge is 0.495 e. The minimum absolute atomic E-state index is 0.0864. The van der Waals surface area contributed by atoms with E-state index in [1.165, 1.54) is 4.90 Å². The lowest BCUT2D eigenvalue weighted by Gasteiger charge is -2.14. The first kappa shape index (κ1) is 18.6. The predicted molar refractivity (Wildman–Crippen MR) is 99.1 cm³/mol. The maximum absolute atomic E-state index is 12.1. The number of benzene rings is 1. The summed E-state index contributed by atoms with van der Waals surface area (Å²) in [7, 11) is 4.84. The van der Waals surface area contributed by atoms with Crippen molar-refractivity contribution in [2.75, 3.05) is 21.2 Å². The van der Waals surface area contributed by atoms with Crippen LogP contribution in [0.3, 0.4) is 0 Å². The Morgan fingerprint density at radius 2 is 2.00 bits per heavy atom. The highest BCUT2D eigenvalue weighted by Gasteiger charge is 2.16. The molecule has 0 atom stereocenters. The van der Waals surface area contributed by atoms with Crippen molar-refractivity contribution in [1.82, 2.24) is 9.47 Å². The molecule has 0 saturated heterocycles. The Hall–Kier alpha value is -2.71. The van der Waals surface area contributed by atoms with Gasteiger partial charge in [-0.2, -0.15) is 5.26 Å². The van der Waals surface area contributed by atoms with E-state index in [1.807, 2.05) is 42.7 Å². The SMILES string of the molecule is COc1ccc(Cl)cc1-n1c(C)cc(/C=C(/C#N)C(=O)N(C)C)c1C. The molecule has 1 heterocycles. The van der Waals surface area contributed by atoms with E-state index in [0.29, 0.717) is 10.8 Å². The average molecular weight is 358 g/mol. The van der Waals surface area contributed by atoms with Crippen molar-refractivity contribution < 1.29 is 9.53 Å². The van der Waals surface area contributed by atoms with Gasteiger partial charge in [-0.1, -0.05) is 11.6 Å². The van der Waals surface area contributed by atoms with Crippen LogP contribution >= 0.6 is 11.6 Å². The Morgan fingerprint density at radius 3 is 2.56 bits per heavy atom. The highest BCUT2D eigenvalue weighted by atomic mass is 35.5. The lowest BCUT2D eigenvalue weighted by Crippen LogP contribution is -2.22. The maximum Gasteiger partial charge on any atom is 0.264 e. The first-order valence-corrected chi connectivity index (χ1v) is 8.04. The molecule has 0 fully saturated rings. The van der Waals surface area contributed by atoms with E-state index in [2.05, 4.69) is 0 Å². The maximum atomic E-state index is 12.1. The number of aryl methyl sites for hydroxylation is 1. The second kappa shape index (κ2) is 7.45. The van der Waals surface area contributed by atoms with Gasteiger partial charge >= 0.3 is 0 Å². The number of nitrogens with zero attached hydrogens (tertiary/aromatic N) is 3. The van der Waals surface area contributed by atoms with Crippen molar-refractivity contribution >= 4 is 23.6 Å². The number of amides is 1. The molecule has 0 aliphatic rings. The molecule has 1 amide bonds. The number of carbonyl (C=O) groups is 1. The summed E-state index contributed by atoms with van der Waals surface area (Å²) < 4.78 is 7.43. The molecule has 1 aromatic carbocycles. The van der Waals surface area contributed by atoms with Gasteiger partial charge in [-0.3, -0.25) is 4.79 Å². The fourth-order valence-electron chi connectivity index (χ4n) is 2.68. The fourth-order valence-corrected chi connectivity index (χ4v) is 2.85. The third-order valence-electron chi connectivity index (χ3n) is 3.91. The van der Waals surface area contributed by atoms with Gasteiger partial charge in [0.1, 0.15) is 17.4 Å². The molecular weight excluding hydrogens is 338 g/mol. The Bertz CT molecular complexity index is 889. The number of likely N-dealkylation sites (N-methyl/N-ethyl adjacent to an activating group) is 1. The van der Waals surface area contributed by atoms with Crippen molar-refractivity contribution in [2.24, 2.45) is 0 Å². The average Bonchev–Trinajstić information content (AvgIpc) is 2.85. The third-order valence-corrected chi connectivity index (χ3v) is 4.14. The summed E-state index contributed by atoms with van der Waals surface area (Å²) in [5.74, 6) is 0.360. The quantitative estimate of drug-likeness (QED) is 0.618. The van der Waals surface area contributed by atoms with E-state index in [4.69, 9.17) is 16.3 Å². The zero-order valence-electron chi connectivity index (χ0n) is 14.9. The van der Waals surface area contributed by atoms with Gasteiger partial charge in [-0.05, 0) is 49.8 Å². The molecule has 0 N–H and O–H groups in total. The molecule has 25 heavy (non-hydrogen) atoms. The minimum atomic E-state index is -0.326. The van der Waals surface area contributed by atoms with Gasteiger partial charge < -0.3 is 14.2 Å². The Balaban J connectivity index is 2.62. The van der Waals surface area contributed by atoms with Gasteiger partial charge in [0, 0.05) is 30.5 Å². The summed E-state index contributed by atoms with van der Waals surface area (Å²) in [5.41, 5.74) is 3.52. The van der Waals surface area contributed by atoms with Crippen LogP contribution in [0.2, 0.25) is 5.02 Å². The normalized spacial score (nSPS) is 11.2. The van der Waals surface area contributed by atoms with E-state index < -0.39 is 0 Å². The summed E-state index contributed by atoms with van der Waals surface area (Å²) in [6, 6.07) is 9.30. The highest BCUT2D eigenvalue weighted by Crippen LogP contribution is 2.31. The number of aromatic nitrogens is 1. The summed E-state index contributed by atoms with van der Waals surface area (Å²) in [6.45, 7) is 3.87. The topological polar surface area (TPSA) is 58.3 Å². The van der Waals surface area contributed by atoms with Gasteiger partial charge in [-0.25, -0.2) is 0 Å². The molecule has 6 heteroatoms. The van der Waals surface area contributed by atoms with Crippen LogP contribution in [0.15, 0.2) is 29.8 Å². The molecule has 2 aromatic rings. The van der Waals surface area contributed by atoms with E-state index in [9.17, 15) is 10.1 Å². The predicted octanol–water partition coefficient (Wildman–Crippen LogP) is 3.75. The van der Waals surface area contributed by atoms with Gasteiger partial charge in [-0.15, -0.1) is 0 Å². The second-order valence-corrected chi connectivity index (χ2v) is 6.28. The van der Waals surface area contributed by atoms with Gasteiger partial charge in [0.2, 0.25) is 0 Å². The number of rotatable bonds is 4. The molecule has 1 aromatic heterocycles. The number of methoxy groups -OCH3 is 1. The molecule has 0 aliphatic heterocycles. The zero-order chi connectivity index (χ0) is 18.7. The number of halogens is 1. The molecule has 5 nitrogen and oxygen atoms in total. The number of hydrogen-bond acceptors (Lipinski definition) is 3. The minimum Gasteiger partial charge on any atom is -0.495 e. The van der Waals surface area contributed by atoms with Crippen molar-refractivity contribution in [3.63, 3.8) is 0 Å². The molecule has 0 radical (unpaired) electrons. The molecule has 0 unspecified atom stereocenters. The number of ether oxygens (including phenoxy) is 1. The van der Waals surface area contributed by atoms with Crippen LogP contribution in [0, 0.1) is 25.2 Å². The second-order valence-electron chi connectivity index (χ2n) is 5.85. The van der Waals surface area contributed by atoms with Crippen LogP contribution in [-0.2, 0) is 4.79 Å². The molecule has 130 valence electrons. The van der Waals surface area contributed by atoms with Crippen LogP contribution < -0.4 is 4.74 Å². The first-order valence-electron chi connectivity index (χ1n) is 7.66. The van der Waals surface area contributed by atoms with E-state index in [1.54, 1.807) is 33.3 Å². The molecule has 0 aliphatic carbocycles. The smallest absolute Gasteiger partial charge is 0.264 e. The first-order chi connectivity index (χ1) is 11.8. The fraction of sp³-hybridized carbons (Fsp3) is 0.263. The Kier molecular flexibility index (Phi) is 5.55. The molecule has 0 saturated carbocycles. The molecule has 0 bridgehead atoms. The van der Waals surface area contributed by atoms with E-state index >= 15 is 0 Å². The Morgan fingerprint density at radius 1 is 1.32 bits per heavy atom. The summed E-state index contributed by atoms with van der Waals surface area (Å²) in [4.78, 5) is 13.5. The highest BCUT2D eigenvalue weighted by molar-refractivity contribution is 6.30. The van der Waals surface area contributed by atoms with E-state index in [0.717, 1.165) is 22.6 Å². The van der Waals surface area contributed by atoms with Crippen LogP contribution in [-0.4, -0.2) is 36.6 Å². The summed E-state index contributed by atoms with van der Waals surface area (Å²) in [5, 5.41) is 9.90. The van der Waals surface area contributed by atoms with Gasteiger partial charge in [0.15, 0.2) is 0 Å². The van der Waals surface area contributed by atoms with Crippen LogP contribution in [0.4, 0.5) is 0 Å². The summed E-state index contributed by atoms with van der Waals surface area (Å²) in [6.07, 6.45) is 1.61. The standard InChI is InChI=1S/C19H20ClN3O2/c1-12-8-14(9-15(11-21)19(24)22(3)4)13(2)23(12)17-10-16(20)6-7-18(17)25-5/h6-10H,1-5H3/b15-9-. The van der Waals surface area contributed by atoms with Gasteiger partial charge in [0.25, 0.3) is 5.91 Å². The number of carbonyl (C=O) groups excluding carboxylic acids is 1. The van der Waals surface area contributed by atoms with E-state index in [-0.39, 0.29) is 11.5 Å². The lowest BCUT2D eigenvalue weighted by molar-refractivity contribution is -0.124. The number of nitriles is 1. The van der Waals surface area contributed by atoms with Crippen molar-refractivity contribution in [2.45, 2.75) is 13.8 Å². The van der Waals surface area contributed by atoms with Crippen LogP contribution in [0.25, 0.3) is 11.8 Å². The van der Waals surface area contributed by atoms with Crippen molar-refractivity contribution in [3.8, 4) is 17.5 Å². The van der Waals surface area contributed by atoms with Crippen LogP contribution in [0.5, 0.6) is 5.75 Å². The third kappa shape index (κ3) is 3.70. The van der Waals surface area contributed by atoms with Crippen molar-refractivity contribution in [3.05, 3.63) is 51.8 Å². The molecule has 0 spiro atoms. The number of hydrogen-bond donors (Lipinski definition) is 0. The summed E-state index contributed by atoms with van der Waals surface area (Å²) >= 11 is 6.14. The molecular formula is C19H20ClN3O2. The lowest BCUT2D eigenvalue weighted by atomic mass is 10.1. The van der Waals surface area contributed by atoms with Crippen LogP contribution in [0.1, 0.15) is 17.0 Å². The Labute approximate surface area is 152 Å². The van der Waals surface area contributed by atoms with Gasteiger partial charge in [0.05, 0.1) is 12.8 Å². The molecule has 2 rings (SSSR count). The van der Waals surface area contributed by atoms with Crippen molar-refractivity contribution in [1.29, 1.82) is 5.26 Å². The monoisotopic (exact) mass is 357 g/mol.